The molecule has 1 unspecified atom stereocenters. The predicted octanol–water partition coefficient (Wildman–Crippen LogP) is 4.90. The van der Waals surface area contributed by atoms with Crippen LogP contribution in [0.1, 0.15) is 32.4 Å². The lowest BCUT2D eigenvalue weighted by Crippen LogP contribution is -2.19. The van der Waals surface area contributed by atoms with Gasteiger partial charge in [0.15, 0.2) is 0 Å². The molecule has 2 aromatic carbocycles. The third kappa shape index (κ3) is 5.69. The van der Waals surface area contributed by atoms with Crippen LogP contribution in [0.3, 0.4) is 0 Å². The average Bonchev–Trinajstić information content (AvgIpc) is 2.57. The van der Waals surface area contributed by atoms with Crippen LogP contribution in [0.5, 0.6) is 0 Å². The summed E-state index contributed by atoms with van der Waals surface area (Å²) >= 11 is 0. The second-order valence-corrected chi connectivity index (χ2v) is 6.08. The van der Waals surface area contributed by atoms with Gasteiger partial charge in [-0.25, -0.2) is 0 Å². The van der Waals surface area contributed by atoms with E-state index in [4.69, 9.17) is 4.74 Å². The fraction of sp³-hybridized carbons (Fsp3) is 0.333. The maximum atomic E-state index is 5.26. The van der Waals surface area contributed by atoms with Gasteiger partial charge in [0, 0.05) is 19.7 Å². The van der Waals surface area contributed by atoms with Gasteiger partial charge in [-0.1, -0.05) is 60.4 Å². The van der Waals surface area contributed by atoms with Crippen molar-refractivity contribution in [3.63, 3.8) is 0 Å². The number of nitrogens with one attached hydrogen (secondary N) is 1. The number of ether oxygens (including phenoxy) is 1. The van der Waals surface area contributed by atoms with Crippen LogP contribution in [0.4, 0.5) is 0 Å². The van der Waals surface area contributed by atoms with Gasteiger partial charge >= 0.3 is 0 Å². The fourth-order valence-electron chi connectivity index (χ4n) is 2.37. The molecule has 128 valence electrons. The summed E-state index contributed by atoms with van der Waals surface area (Å²) in [4.78, 5) is 0. The molecule has 0 fully saturated rings. The summed E-state index contributed by atoms with van der Waals surface area (Å²) in [5.41, 5.74) is 0.927. The lowest BCUT2D eigenvalue weighted by Gasteiger charge is -2.15. The SMILES string of the molecule is COC(C)(C)C#C/C=C/CNC(C)c1cccc2ccccc12.Cl. The molecule has 1 atom stereocenters. The normalized spacial score (nSPS) is 12.5. The Labute approximate surface area is 151 Å². The van der Waals surface area contributed by atoms with Crippen LogP contribution in [0, 0.1) is 11.8 Å². The van der Waals surface area contributed by atoms with Crippen LogP contribution in [-0.4, -0.2) is 19.3 Å². The number of hydrogen-bond donors (Lipinski definition) is 1. The summed E-state index contributed by atoms with van der Waals surface area (Å²) in [6.45, 7) is 6.88. The van der Waals surface area contributed by atoms with Gasteiger partial charge in [0.2, 0.25) is 0 Å². The summed E-state index contributed by atoms with van der Waals surface area (Å²) in [5, 5.41) is 6.10. The Morgan fingerprint density at radius 1 is 1.17 bits per heavy atom. The largest absolute Gasteiger partial charge is 0.366 e. The molecule has 0 saturated heterocycles. The molecule has 0 aromatic heterocycles. The van der Waals surface area contributed by atoms with Crippen molar-refractivity contribution in [1.82, 2.24) is 5.32 Å². The molecule has 0 spiro atoms. The molecule has 0 aliphatic heterocycles. The molecule has 0 bridgehead atoms. The summed E-state index contributed by atoms with van der Waals surface area (Å²) in [5.74, 6) is 6.09. The van der Waals surface area contributed by atoms with Crippen LogP contribution in [0.2, 0.25) is 0 Å². The van der Waals surface area contributed by atoms with E-state index in [0.717, 1.165) is 6.54 Å². The Hall–Kier alpha value is -1.79. The number of halogens is 1. The molecule has 1 N–H and O–H groups in total. The third-order valence-electron chi connectivity index (χ3n) is 3.92. The number of methoxy groups -OCH3 is 1. The van der Waals surface area contributed by atoms with Crippen molar-refractivity contribution >= 4 is 23.2 Å². The second kappa shape index (κ2) is 9.49. The Bertz CT molecular complexity index is 735. The first kappa shape index (κ1) is 20.3. The fourth-order valence-corrected chi connectivity index (χ4v) is 2.37. The van der Waals surface area contributed by atoms with E-state index in [1.54, 1.807) is 7.11 Å². The molecule has 0 heterocycles. The summed E-state index contributed by atoms with van der Waals surface area (Å²) < 4.78 is 5.26. The minimum Gasteiger partial charge on any atom is -0.366 e. The molecule has 0 aliphatic carbocycles. The predicted molar refractivity (Wildman–Crippen MR) is 106 cm³/mol. The summed E-state index contributed by atoms with van der Waals surface area (Å²) in [6.07, 6.45) is 3.92. The Balaban J connectivity index is 0.00000288. The number of benzene rings is 2. The summed E-state index contributed by atoms with van der Waals surface area (Å²) in [7, 11) is 1.67. The smallest absolute Gasteiger partial charge is 0.123 e. The van der Waals surface area contributed by atoms with Crippen molar-refractivity contribution in [3.8, 4) is 11.8 Å². The van der Waals surface area contributed by atoms with Gasteiger partial charge in [-0.05, 0) is 43.2 Å². The van der Waals surface area contributed by atoms with E-state index in [2.05, 4.69) is 66.5 Å². The van der Waals surface area contributed by atoms with E-state index < -0.39 is 5.60 Å². The molecule has 2 aromatic rings. The first-order valence-electron chi connectivity index (χ1n) is 7.97. The van der Waals surface area contributed by atoms with Gasteiger partial charge in [-0.2, -0.15) is 0 Å². The van der Waals surface area contributed by atoms with E-state index in [1.807, 2.05) is 26.0 Å². The van der Waals surface area contributed by atoms with Crippen LogP contribution in [0.25, 0.3) is 10.8 Å². The highest BCUT2D eigenvalue weighted by molar-refractivity contribution is 5.86. The topological polar surface area (TPSA) is 21.3 Å². The highest BCUT2D eigenvalue weighted by Gasteiger charge is 2.10. The van der Waals surface area contributed by atoms with Gasteiger partial charge in [0.05, 0.1) is 0 Å². The van der Waals surface area contributed by atoms with Crippen molar-refractivity contribution < 1.29 is 4.74 Å². The van der Waals surface area contributed by atoms with Crippen LogP contribution in [-0.2, 0) is 4.74 Å². The molecular weight excluding hydrogens is 318 g/mol. The first-order valence-corrected chi connectivity index (χ1v) is 7.97. The van der Waals surface area contributed by atoms with E-state index in [0.29, 0.717) is 0 Å². The second-order valence-electron chi connectivity index (χ2n) is 6.08. The lowest BCUT2D eigenvalue weighted by atomic mass is 10.00. The van der Waals surface area contributed by atoms with E-state index in [-0.39, 0.29) is 18.4 Å². The first-order chi connectivity index (χ1) is 11.0. The minimum absolute atomic E-state index is 0. The zero-order chi connectivity index (χ0) is 16.7. The molecule has 0 amide bonds. The van der Waals surface area contributed by atoms with Crippen molar-refractivity contribution in [2.24, 2.45) is 0 Å². The molecule has 0 radical (unpaired) electrons. The quantitative estimate of drug-likeness (QED) is 0.780. The number of hydrogen-bond acceptors (Lipinski definition) is 2. The standard InChI is InChI=1S/C21H25NO.ClH/c1-17(22-16-9-5-8-15-21(2,3)23-4)19-14-10-12-18-11-6-7-13-20(18)19;/h5-7,9-14,17,22H,16H2,1-4H3;1H/b9-5+;. The summed E-state index contributed by atoms with van der Waals surface area (Å²) in [6, 6.07) is 15.2. The number of fused-ring (bicyclic) bond motifs is 1. The van der Waals surface area contributed by atoms with Gasteiger partial charge in [-0.15, -0.1) is 12.4 Å². The Morgan fingerprint density at radius 3 is 2.62 bits per heavy atom. The highest BCUT2D eigenvalue weighted by Crippen LogP contribution is 2.23. The van der Waals surface area contributed by atoms with Crippen molar-refractivity contribution in [3.05, 3.63) is 60.2 Å². The Morgan fingerprint density at radius 2 is 1.88 bits per heavy atom. The molecule has 0 aliphatic rings. The maximum Gasteiger partial charge on any atom is 0.123 e. The van der Waals surface area contributed by atoms with Crippen LogP contribution in [0.15, 0.2) is 54.6 Å². The van der Waals surface area contributed by atoms with Crippen molar-refractivity contribution in [2.45, 2.75) is 32.4 Å². The monoisotopic (exact) mass is 343 g/mol. The van der Waals surface area contributed by atoms with Gasteiger partial charge < -0.3 is 10.1 Å². The van der Waals surface area contributed by atoms with Crippen molar-refractivity contribution in [2.75, 3.05) is 13.7 Å². The van der Waals surface area contributed by atoms with E-state index >= 15 is 0 Å². The third-order valence-corrected chi connectivity index (χ3v) is 3.92. The molecule has 24 heavy (non-hydrogen) atoms. The van der Waals surface area contributed by atoms with E-state index in [9.17, 15) is 0 Å². The molecule has 2 rings (SSSR count). The van der Waals surface area contributed by atoms with Gasteiger partial charge in [-0.3, -0.25) is 0 Å². The van der Waals surface area contributed by atoms with Gasteiger partial charge in [0.25, 0.3) is 0 Å². The van der Waals surface area contributed by atoms with Crippen LogP contribution < -0.4 is 5.32 Å². The average molecular weight is 344 g/mol. The molecule has 0 saturated carbocycles. The minimum atomic E-state index is -0.395. The Kier molecular flexibility index (Phi) is 8.01. The molecular formula is C21H26ClNO. The zero-order valence-corrected chi connectivity index (χ0v) is 15.6. The number of allylic oxidation sites excluding steroid dienone is 1. The highest BCUT2D eigenvalue weighted by atomic mass is 35.5. The lowest BCUT2D eigenvalue weighted by molar-refractivity contribution is 0.0742. The van der Waals surface area contributed by atoms with Crippen molar-refractivity contribution in [1.29, 1.82) is 0 Å². The molecule has 2 nitrogen and oxygen atoms in total. The number of rotatable bonds is 5. The van der Waals surface area contributed by atoms with E-state index in [1.165, 1.54) is 16.3 Å². The zero-order valence-electron chi connectivity index (χ0n) is 14.8. The van der Waals surface area contributed by atoms with Gasteiger partial charge in [0.1, 0.15) is 5.60 Å². The molecule has 3 heteroatoms. The van der Waals surface area contributed by atoms with Crippen LogP contribution >= 0.6 is 12.4 Å². The maximum absolute atomic E-state index is 5.26.